The van der Waals surface area contributed by atoms with E-state index in [0.29, 0.717) is 10.0 Å². The average molecular weight is 311 g/mol. The zero-order chi connectivity index (χ0) is 10.0. The highest BCUT2D eigenvalue weighted by Crippen LogP contribution is 2.31. The summed E-state index contributed by atoms with van der Waals surface area (Å²) in [6, 6.07) is 2.87. The summed E-state index contributed by atoms with van der Waals surface area (Å²) in [6.07, 6.45) is 0.0381. The third kappa shape index (κ3) is 2.06. The van der Waals surface area contributed by atoms with Crippen LogP contribution in [0.25, 0.3) is 0 Å². The van der Waals surface area contributed by atoms with Crippen LogP contribution in [0.5, 0.6) is 0 Å². The van der Waals surface area contributed by atoms with E-state index in [2.05, 4.69) is 31.9 Å². The molecule has 1 rings (SSSR count). The lowest BCUT2D eigenvalue weighted by Crippen LogP contribution is -1.93. The van der Waals surface area contributed by atoms with Gasteiger partial charge in [0.05, 0.1) is 17.0 Å². The van der Waals surface area contributed by atoms with Crippen LogP contribution in [-0.2, 0) is 6.42 Å². The Morgan fingerprint density at radius 3 is 2.46 bits per heavy atom. The molecule has 0 aromatic heterocycles. The summed E-state index contributed by atoms with van der Waals surface area (Å²) in [7, 11) is 0. The van der Waals surface area contributed by atoms with Crippen LogP contribution in [0.4, 0.5) is 8.78 Å². The Hall–Kier alpha value is -0.470. The van der Waals surface area contributed by atoms with Gasteiger partial charge in [0.15, 0.2) is 11.6 Å². The van der Waals surface area contributed by atoms with Gasteiger partial charge in [0.25, 0.3) is 0 Å². The van der Waals surface area contributed by atoms with Gasteiger partial charge in [-0.15, -0.1) is 0 Å². The Labute approximate surface area is 90.6 Å². The van der Waals surface area contributed by atoms with Crippen LogP contribution in [0.1, 0.15) is 5.56 Å². The van der Waals surface area contributed by atoms with Crippen molar-refractivity contribution in [3.8, 4) is 6.07 Å². The predicted octanol–water partition coefficient (Wildman–Crippen LogP) is 3.56. The summed E-state index contributed by atoms with van der Waals surface area (Å²) in [5.41, 5.74) is 0.424. The number of halogens is 4. The maximum atomic E-state index is 12.9. The smallest absolute Gasteiger partial charge is 0.174 e. The Kier molecular flexibility index (Phi) is 3.40. The number of nitriles is 1. The van der Waals surface area contributed by atoms with Gasteiger partial charge in [-0.05, 0) is 43.5 Å². The lowest BCUT2D eigenvalue weighted by molar-refractivity contribution is 0.502. The molecule has 13 heavy (non-hydrogen) atoms. The largest absolute Gasteiger partial charge is 0.204 e. The van der Waals surface area contributed by atoms with Gasteiger partial charge >= 0.3 is 0 Å². The molecule has 0 bridgehead atoms. The topological polar surface area (TPSA) is 23.8 Å². The molecule has 0 atom stereocenters. The standard InChI is InChI=1S/C8H3Br2F2N/c9-6-4(1-2-13)3-5(11)8(12)7(6)10/h3H,1H2. The maximum Gasteiger partial charge on any atom is 0.174 e. The van der Waals surface area contributed by atoms with Crippen LogP contribution in [0, 0.1) is 23.0 Å². The fourth-order valence-electron chi connectivity index (χ4n) is 0.836. The predicted molar refractivity (Wildman–Crippen MR) is 51.1 cm³/mol. The second-order valence-corrected chi connectivity index (χ2v) is 3.88. The molecule has 0 radical (unpaired) electrons. The van der Waals surface area contributed by atoms with Crippen LogP contribution >= 0.6 is 31.9 Å². The number of benzene rings is 1. The Bertz CT molecular complexity index is 385. The van der Waals surface area contributed by atoms with E-state index in [4.69, 9.17) is 5.26 Å². The molecule has 0 saturated carbocycles. The van der Waals surface area contributed by atoms with Crippen molar-refractivity contribution >= 4 is 31.9 Å². The monoisotopic (exact) mass is 309 g/mol. The number of rotatable bonds is 1. The van der Waals surface area contributed by atoms with E-state index in [1.807, 2.05) is 6.07 Å². The van der Waals surface area contributed by atoms with Crippen LogP contribution in [0.3, 0.4) is 0 Å². The van der Waals surface area contributed by atoms with Crippen molar-refractivity contribution in [3.05, 3.63) is 32.2 Å². The van der Waals surface area contributed by atoms with Crippen LogP contribution in [0.2, 0.25) is 0 Å². The van der Waals surface area contributed by atoms with E-state index in [9.17, 15) is 8.78 Å². The third-order valence-corrected chi connectivity index (χ3v) is 3.63. The molecule has 68 valence electrons. The van der Waals surface area contributed by atoms with Crippen LogP contribution in [-0.4, -0.2) is 0 Å². The SMILES string of the molecule is N#CCc1cc(F)c(F)c(Br)c1Br. The van der Waals surface area contributed by atoms with Gasteiger partial charge in [0, 0.05) is 4.47 Å². The molecular formula is C8H3Br2F2N. The minimum Gasteiger partial charge on any atom is -0.204 e. The number of hydrogen-bond donors (Lipinski definition) is 0. The minimum atomic E-state index is -0.958. The van der Waals surface area contributed by atoms with Gasteiger partial charge in [0.2, 0.25) is 0 Å². The zero-order valence-electron chi connectivity index (χ0n) is 6.24. The molecular weight excluding hydrogens is 308 g/mol. The van der Waals surface area contributed by atoms with Gasteiger partial charge < -0.3 is 0 Å². The van der Waals surface area contributed by atoms with E-state index < -0.39 is 11.6 Å². The molecule has 0 aliphatic heterocycles. The molecule has 1 aromatic carbocycles. The van der Waals surface area contributed by atoms with Crippen molar-refractivity contribution in [2.75, 3.05) is 0 Å². The second-order valence-electron chi connectivity index (χ2n) is 2.29. The number of nitrogens with zero attached hydrogens (tertiary/aromatic N) is 1. The normalized spacial score (nSPS) is 9.77. The molecule has 0 aliphatic carbocycles. The number of hydrogen-bond acceptors (Lipinski definition) is 1. The summed E-state index contributed by atoms with van der Waals surface area (Å²) in [5.74, 6) is -1.91. The molecule has 0 N–H and O–H groups in total. The lowest BCUT2D eigenvalue weighted by atomic mass is 10.1. The van der Waals surface area contributed by atoms with Gasteiger partial charge in [-0.25, -0.2) is 8.78 Å². The van der Waals surface area contributed by atoms with Gasteiger partial charge in [0.1, 0.15) is 0 Å². The quantitative estimate of drug-likeness (QED) is 0.575. The summed E-state index contributed by atoms with van der Waals surface area (Å²) in [4.78, 5) is 0. The van der Waals surface area contributed by atoms with Gasteiger partial charge in [-0.3, -0.25) is 0 Å². The summed E-state index contributed by atoms with van der Waals surface area (Å²) >= 11 is 5.94. The lowest BCUT2D eigenvalue weighted by Gasteiger charge is -2.04. The fraction of sp³-hybridized carbons (Fsp3) is 0.125. The first-order valence-electron chi connectivity index (χ1n) is 3.26. The first kappa shape index (κ1) is 10.6. The van der Waals surface area contributed by atoms with Crippen LogP contribution in [0.15, 0.2) is 15.0 Å². The highest BCUT2D eigenvalue weighted by atomic mass is 79.9. The molecule has 0 unspecified atom stereocenters. The van der Waals surface area contributed by atoms with E-state index in [0.717, 1.165) is 6.07 Å². The van der Waals surface area contributed by atoms with Gasteiger partial charge in [-0.2, -0.15) is 5.26 Å². The highest BCUT2D eigenvalue weighted by Gasteiger charge is 2.14. The maximum absolute atomic E-state index is 12.9. The van der Waals surface area contributed by atoms with Gasteiger partial charge in [-0.1, -0.05) is 0 Å². The van der Waals surface area contributed by atoms with Crippen LogP contribution < -0.4 is 0 Å². The van der Waals surface area contributed by atoms with Crippen molar-refractivity contribution in [1.29, 1.82) is 5.26 Å². The molecule has 0 amide bonds. The molecule has 1 nitrogen and oxygen atoms in total. The summed E-state index contributed by atoms with van der Waals surface area (Å²) in [5, 5.41) is 8.39. The third-order valence-electron chi connectivity index (χ3n) is 1.45. The second kappa shape index (κ2) is 4.16. The first-order chi connectivity index (χ1) is 6.07. The summed E-state index contributed by atoms with van der Waals surface area (Å²) in [6.45, 7) is 0. The van der Waals surface area contributed by atoms with Crippen molar-refractivity contribution in [1.82, 2.24) is 0 Å². The molecule has 5 heteroatoms. The molecule has 0 spiro atoms. The fourth-order valence-corrected chi connectivity index (χ4v) is 1.71. The summed E-state index contributed by atoms with van der Waals surface area (Å²) < 4.78 is 26.1. The average Bonchev–Trinajstić information content (AvgIpc) is 2.11. The van der Waals surface area contributed by atoms with Crippen molar-refractivity contribution in [2.45, 2.75) is 6.42 Å². The first-order valence-corrected chi connectivity index (χ1v) is 4.85. The van der Waals surface area contributed by atoms with Crippen molar-refractivity contribution in [2.24, 2.45) is 0 Å². The molecule has 1 aromatic rings. The highest BCUT2D eigenvalue weighted by molar-refractivity contribution is 9.13. The molecule has 0 saturated heterocycles. The Morgan fingerprint density at radius 2 is 1.92 bits per heavy atom. The molecule has 0 aliphatic rings. The van der Waals surface area contributed by atoms with Crippen molar-refractivity contribution < 1.29 is 8.78 Å². The molecule has 0 fully saturated rings. The zero-order valence-corrected chi connectivity index (χ0v) is 9.42. The molecule has 0 heterocycles. The Balaban J connectivity index is 3.34. The Morgan fingerprint density at radius 1 is 1.31 bits per heavy atom. The van der Waals surface area contributed by atoms with E-state index >= 15 is 0 Å². The minimum absolute atomic E-state index is 0.0118. The van der Waals surface area contributed by atoms with E-state index in [-0.39, 0.29) is 10.9 Å². The van der Waals surface area contributed by atoms with E-state index in [1.54, 1.807) is 0 Å². The van der Waals surface area contributed by atoms with E-state index in [1.165, 1.54) is 0 Å². The van der Waals surface area contributed by atoms with Crippen molar-refractivity contribution in [3.63, 3.8) is 0 Å².